The second kappa shape index (κ2) is 15.8. The highest BCUT2D eigenvalue weighted by Crippen LogP contribution is 2.50. The van der Waals surface area contributed by atoms with Crippen molar-refractivity contribution in [2.45, 2.75) is 46.0 Å². The number of carbonyl (C=O) groups is 3. The molecule has 0 aliphatic heterocycles. The Kier molecular flexibility index (Phi) is 12.1. The summed E-state index contributed by atoms with van der Waals surface area (Å²) in [5, 5.41) is 0. The molecule has 0 saturated carbocycles. The molecule has 2 atom stereocenters. The van der Waals surface area contributed by atoms with E-state index >= 15 is 0 Å². The van der Waals surface area contributed by atoms with E-state index < -0.39 is 25.2 Å². The van der Waals surface area contributed by atoms with Gasteiger partial charge in [0.1, 0.15) is 19.0 Å². The van der Waals surface area contributed by atoms with Gasteiger partial charge in [0.25, 0.3) is 0 Å². The molecule has 0 amide bonds. The number of ketones is 1. The molecule has 0 saturated heterocycles. The van der Waals surface area contributed by atoms with Crippen LogP contribution in [0.15, 0.2) is 91.0 Å². The smallest absolute Gasteiger partial charge is 0.309 e. The molecule has 0 aromatic heterocycles. The van der Waals surface area contributed by atoms with Crippen LogP contribution in [0.4, 0.5) is 0 Å². The first-order valence-electron chi connectivity index (χ1n) is 13.0. The summed E-state index contributed by atoms with van der Waals surface area (Å²) in [6.45, 7) is 1.69. The van der Waals surface area contributed by atoms with E-state index in [9.17, 15) is 18.9 Å². The average Bonchev–Trinajstić information content (AvgIpc) is 2.96. The van der Waals surface area contributed by atoms with Crippen molar-refractivity contribution in [3.05, 3.63) is 108 Å². The zero-order valence-electron chi connectivity index (χ0n) is 22.2. The van der Waals surface area contributed by atoms with Crippen LogP contribution in [0.1, 0.15) is 42.9 Å². The first kappa shape index (κ1) is 30.0. The number of Topliss-reactive ketones (excluding diaryl/α,β-unsaturated/α-hetero) is 1. The maximum absolute atomic E-state index is 13.9. The molecular weight excluding hydrogens is 515 g/mol. The summed E-state index contributed by atoms with van der Waals surface area (Å²) in [5.74, 6) is -2.03. The van der Waals surface area contributed by atoms with Gasteiger partial charge in [0, 0.05) is 25.2 Å². The van der Waals surface area contributed by atoms with E-state index in [1.165, 1.54) is 6.92 Å². The molecule has 0 spiro atoms. The first-order chi connectivity index (χ1) is 18.8. The molecule has 206 valence electrons. The quantitative estimate of drug-likeness (QED) is 0.152. The zero-order chi connectivity index (χ0) is 27.9. The Morgan fingerprint density at radius 1 is 0.692 bits per heavy atom. The van der Waals surface area contributed by atoms with Crippen LogP contribution in [0.2, 0.25) is 0 Å². The molecule has 0 aliphatic carbocycles. The second-order valence-corrected chi connectivity index (χ2v) is 12.1. The number of carbonyl (C=O) groups excluding carboxylic acids is 3. The van der Waals surface area contributed by atoms with Gasteiger partial charge >= 0.3 is 11.9 Å². The average molecular weight is 551 g/mol. The van der Waals surface area contributed by atoms with Crippen LogP contribution < -0.4 is 0 Å². The maximum Gasteiger partial charge on any atom is 0.309 e. The Morgan fingerprint density at radius 3 is 1.69 bits per heavy atom. The van der Waals surface area contributed by atoms with Crippen LogP contribution >= 0.6 is 7.37 Å². The lowest BCUT2D eigenvalue weighted by Crippen LogP contribution is -2.24. The van der Waals surface area contributed by atoms with E-state index in [0.717, 1.165) is 16.7 Å². The molecule has 39 heavy (non-hydrogen) atoms. The van der Waals surface area contributed by atoms with Crippen LogP contribution in [0, 0.1) is 5.92 Å². The van der Waals surface area contributed by atoms with Crippen molar-refractivity contribution in [3.63, 3.8) is 0 Å². The number of rotatable bonds is 16. The number of esters is 2. The van der Waals surface area contributed by atoms with Gasteiger partial charge in [-0.3, -0.25) is 14.2 Å². The third-order valence-electron chi connectivity index (χ3n) is 6.11. The zero-order valence-corrected chi connectivity index (χ0v) is 23.1. The van der Waals surface area contributed by atoms with Crippen molar-refractivity contribution in [1.29, 1.82) is 0 Å². The number of hydrogen-bond acceptors (Lipinski definition) is 7. The van der Waals surface area contributed by atoms with Gasteiger partial charge in [-0.15, -0.1) is 0 Å². The van der Waals surface area contributed by atoms with Crippen LogP contribution in [0.3, 0.4) is 0 Å². The highest BCUT2D eigenvalue weighted by atomic mass is 31.2. The van der Waals surface area contributed by atoms with Gasteiger partial charge in [0.15, 0.2) is 0 Å². The van der Waals surface area contributed by atoms with Crippen molar-refractivity contribution in [3.8, 4) is 0 Å². The molecule has 0 radical (unpaired) electrons. The van der Waals surface area contributed by atoms with E-state index in [4.69, 9.17) is 14.0 Å². The summed E-state index contributed by atoms with van der Waals surface area (Å²) in [6, 6.07) is 27.8. The lowest BCUT2D eigenvalue weighted by Gasteiger charge is -2.23. The predicted octanol–water partition coefficient (Wildman–Crippen LogP) is 6.34. The number of hydrogen-bond donors (Lipinski definition) is 0. The van der Waals surface area contributed by atoms with Crippen LogP contribution in [0.5, 0.6) is 0 Å². The maximum atomic E-state index is 13.9. The predicted molar refractivity (Wildman–Crippen MR) is 149 cm³/mol. The van der Waals surface area contributed by atoms with Crippen LogP contribution in [-0.2, 0) is 52.8 Å². The van der Waals surface area contributed by atoms with Gasteiger partial charge in [-0.2, -0.15) is 0 Å². The fourth-order valence-electron chi connectivity index (χ4n) is 3.87. The van der Waals surface area contributed by atoms with E-state index in [0.29, 0.717) is 0 Å². The fraction of sp³-hybridized carbons (Fsp3) is 0.323. The normalized spacial score (nSPS) is 13.2. The Balaban J connectivity index is 1.69. The van der Waals surface area contributed by atoms with Gasteiger partial charge in [-0.1, -0.05) is 91.0 Å². The molecule has 7 nitrogen and oxygen atoms in total. The van der Waals surface area contributed by atoms with E-state index in [2.05, 4.69) is 0 Å². The van der Waals surface area contributed by atoms with E-state index in [1.807, 2.05) is 91.0 Å². The lowest BCUT2D eigenvalue weighted by atomic mass is 10.1. The molecule has 3 aromatic rings. The molecule has 3 aromatic carbocycles. The van der Waals surface area contributed by atoms with Gasteiger partial charge in [0.2, 0.25) is 7.37 Å². The SMILES string of the molecule is CC(=O)CCP(=O)(CC(CCC(=O)OCc1ccccc1)C(=O)OCc1ccccc1)OCc1ccccc1. The third-order valence-corrected chi connectivity index (χ3v) is 8.61. The molecule has 3 rings (SSSR count). The van der Waals surface area contributed by atoms with Crippen LogP contribution in [-0.4, -0.2) is 30.0 Å². The summed E-state index contributed by atoms with van der Waals surface area (Å²) < 4.78 is 30.8. The standard InChI is InChI=1S/C31H35O7P/c1-25(32)19-20-39(35,38-23-28-15-9-4-10-16-28)24-29(31(34)37-22-27-13-7-3-8-14-27)17-18-30(33)36-21-26-11-5-2-6-12-26/h2-16,29H,17-24H2,1H3. The van der Waals surface area contributed by atoms with Crippen molar-refractivity contribution < 1.29 is 32.9 Å². The summed E-state index contributed by atoms with van der Waals surface area (Å²) in [4.78, 5) is 37.4. The van der Waals surface area contributed by atoms with E-state index in [1.54, 1.807) is 0 Å². The number of benzene rings is 3. The summed E-state index contributed by atoms with van der Waals surface area (Å²) in [6.07, 6.45) is -0.0247. The van der Waals surface area contributed by atoms with E-state index in [-0.39, 0.29) is 57.2 Å². The molecule has 2 unspecified atom stereocenters. The van der Waals surface area contributed by atoms with Crippen molar-refractivity contribution >= 4 is 25.1 Å². The molecule has 0 aliphatic rings. The lowest BCUT2D eigenvalue weighted by molar-refractivity contribution is -0.150. The van der Waals surface area contributed by atoms with Crippen LogP contribution in [0.25, 0.3) is 0 Å². The molecule has 0 bridgehead atoms. The minimum Gasteiger partial charge on any atom is -0.461 e. The molecule has 0 fully saturated rings. The Bertz CT molecular complexity index is 1230. The molecule has 0 heterocycles. The second-order valence-electron chi connectivity index (χ2n) is 9.41. The Labute approximate surface area is 229 Å². The van der Waals surface area contributed by atoms with Gasteiger partial charge in [-0.05, 0) is 30.0 Å². The molecular formula is C31H35O7P. The summed E-state index contributed by atoms with van der Waals surface area (Å²) in [7, 11) is -3.44. The number of ether oxygens (including phenoxy) is 2. The highest BCUT2D eigenvalue weighted by molar-refractivity contribution is 7.59. The van der Waals surface area contributed by atoms with Crippen molar-refractivity contribution in [2.24, 2.45) is 5.92 Å². The van der Waals surface area contributed by atoms with Crippen molar-refractivity contribution in [1.82, 2.24) is 0 Å². The fourth-order valence-corrected chi connectivity index (χ4v) is 6.33. The molecule has 0 N–H and O–H groups in total. The largest absolute Gasteiger partial charge is 0.461 e. The molecule has 8 heteroatoms. The van der Waals surface area contributed by atoms with Gasteiger partial charge in [0.05, 0.1) is 12.5 Å². The first-order valence-corrected chi connectivity index (χ1v) is 15.0. The van der Waals surface area contributed by atoms with Gasteiger partial charge in [-0.25, -0.2) is 0 Å². The minimum atomic E-state index is -3.44. The minimum absolute atomic E-state index is 0.0100. The van der Waals surface area contributed by atoms with Gasteiger partial charge < -0.3 is 18.8 Å². The third kappa shape index (κ3) is 11.4. The Hall–Kier alpha value is -3.54. The topological polar surface area (TPSA) is 96.0 Å². The van der Waals surface area contributed by atoms with Crippen molar-refractivity contribution in [2.75, 3.05) is 12.3 Å². The Morgan fingerprint density at radius 2 is 1.18 bits per heavy atom. The highest BCUT2D eigenvalue weighted by Gasteiger charge is 2.33. The summed E-state index contributed by atoms with van der Waals surface area (Å²) >= 11 is 0. The monoisotopic (exact) mass is 550 g/mol. The summed E-state index contributed by atoms with van der Waals surface area (Å²) in [5.41, 5.74) is 2.49.